The molecule has 0 aliphatic carbocycles. The van der Waals surface area contributed by atoms with Crippen molar-refractivity contribution in [3.63, 3.8) is 0 Å². The van der Waals surface area contributed by atoms with Gasteiger partial charge in [0.25, 0.3) is 0 Å². The summed E-state index contributed by atoms with van der Waals surface area (Å²) in [6, 6.07) is 22.8. The molecule has 0 unspecified atom stereocenters. The number of halogens is 3. The van der Waals surface area contributed by atoms with Crippen molar-refractivity contribution in [2.45, 2.75) is 0 Å². The molecule has 0 atom stereocenters. The molecular weight excluding hydrogens is 458 g/mol. The van der Waals surface area contributed by atoms with Gasteiger partial charge in [-0.2, -0.15) is 0 Å². The fraction of sp³-hybridized carbons (Fsp3) is 0. The standard InChI is InChI=1S/C18H11BrClI/c19-18-16(5-2-6-17(18)21)14-4-1-3-13(11-14)12-7-9-15(20)10-8-12/h1-11H. The zero-order chi connectivity index (χ0) is 14.8. The highest BCUT2D eigenvalue weighted by molar-refractivity contribution is 14.1. The summed E-state index contributed by atoms with van der Waals surface area (Å²) in [5, 5.41) is 0.760. The molecule has 0 radical (unpaired) electrons. The molecule has 104 valence electrons. The fourth-order valence-corrected chi connectivity index (χ4v) is 3.35. The van der Waals surface area contributed by atoms with E-state index in [4.69, 9.17) is 11.6 Å². The lowest BCUT2D eigenvalue weighted by Crippen LogP contribution is -1.84. The Bertz CT molecular complexity index is 781. The van der Waals surface area contributed by atoms with E-state index in [0.717, 1.165) is 9.50 Å². The maximum Gasteiger partial charge on any atom is 0.0406 e. The molecule has 0 saturated carbocycles. The first kappa shape index (κ1) is 15.1. The molecule has 3 heteroatoms. The molecule has 0 fully saturated rings. The van der Waals surface area contributed by atoms with E-state index in [9.17, 15) is 0 Å². The van der Waals surface area contributed by atoms with Gasteiger partial charge < -0.3 is 0 Å². The zero-order valence-electron chi connectivity index (χ0n) is 11.0. The largest absolute Gasteiger partial charge is 0.0843 e. The summed E-state index contributed by atoms with van der Waals surface area (Å²) in [6.07, 6.45) is 0. The smallest absolute Gasteiger partial charge is 0.0406 e. The first-order valence-electron chi connectivity index (χ1n) is 6.45. The topological polar surface area (TPSA) is 0 Å². The molecule has 0 nitrogen and oxygen atoms in total. The van der Waals surface area contributed by atoms with Crippen molar-refractivity contribution in [2.24, 2.45) is 0 Å². The van der Waals surface area contributed by atoms with Crippen LogP contribution < -0.4 is 0 Å². The molecular formula is C18H11BrClI. The van der Waals surface area contributed by atoms with Crippen molar-refractivity contribution in [3.05, 3.63) is 79.8 Å². The van der Waals surface area contributed by atoms with Gasteiger partial charge in [-0.05, 0) is 85.0 Å². The van der Waals surface area contributed by atoms with Crippen molar-refractivity contribution in [2.75, 3.05) is 0 Å². The monoisotopic (exact) mass is 468 g/mol. The minimum atomic E-state index is 0.760. The first-order valence-corrected chi connectivity index (χ1v) is 8.70. The van der Waals surface area contributed by atoms with Crippen molar-refractivity contribution < 1.29 is 0 Å². The Labute approximate surface area is 151 Å². The maximum atomic E-state index is 5.96. The van der Waals surface area contributed by atoms with Gasteiger partial charge >= 0.3 is 0 Å². The van der Waals surface area contributed by atoms with Gasteiger partial charge in [0.1, 0.15) is 0 Å². The van der Waals surface area contributed by atoms with Crippen LogP contribution in [-0.2, 0) is 0 Å². The van der Waals surface area contributed by atoms with Crippen LogP contribution in [0.2, 0.25) is 5.02 Å². The van der Waals surface area contributed by atoms with Crippen LogP contribution in [0.4, 0.5) is 0 Å². The summed E-state index contributed by atoms with van der Waals surface area (Å²) in [5.41, 5.74) is 4.77. The number of benzene rings is 3. The van der Waals surface area contributed by atoms with E-state index in [2.05, 4.69) is 81.0 Å². The highest BCUT2D eigenvalue weighted by Gasteiger charge is 2.07. The van der Waals surface area contributed by atoms with Crippen LogP contribution in [0.3, 0.4) is 0 Å². The predicted molar refractivity (Wildman–Crippen MR) is 103 cm³/mol. The molecule has 3 rings (SSSR count). The average molecular weight is 470 g/mol. The van der Waals surface area contributed by atoms with Gasteiger partial charge in [0.2, 0.25) is 0 Å². The van der Waals surface area contributed by atoms with E-state index >= 15 is 0 Å². The summed E-state index contributed by atoms with van der Waals surface area (Å²) in [5.74, 6) is 0. The van der Waals surface area contributed by atoms with Gasteiger partial charge in [0.05, 0.1) is 0 Å². The second-order valence-corrected chi connectivity index (χ2v) is 7.08. The molecule has 0 N–H and O–H groups in total. The minimum absolute atomic E-state index is 0.760. The SMILES string of the molecule is Clc1ccc(-c2cccc(-c3cccc(I)c3Br)c2)cc1. The molecule has 0 saturated heterocycles. The van der Waals surface area contributed by atoms with Crippen LogP contribution in [0.5, 0.6) is 0 Å². The Morgan fingerprint density at radius 2 is 1.43 bits per heavy atom. The second-order valence-electron chi connectivity index (χ2n) is 4.69. The third-order valence-corrected chi connectivity index (χ3v) is 6.05. The molecule has 0 heterocycles. The molecule has 0 bridgehead atoms. The Morgan fingerprint density at radius 3 is 2.19 bits per heavy atom. The van der Waals surface area contributed by atoms with Gasteiger partial charge in [-0.25, -0.2) is 0 Å². The third kappa shape index (κ3) is 3.33. The molecule has 0 aliphatic heterocycles. The van der Waals surface area contributed by atoms with E-state index in [-0.39, 0.29) is 0 Å². The molecule has 3 aromatic rings. The Morgan fingerprint density at radius 1 is 0.762 bits per heavy atom. The summed E-state index contributed by atoms with van der Waals surface area (Å²) in [4.78, 5) is 0. The fourth-order valence-electron chi connectivity index (χ4n) is 2.24. The normalized spacial score (nSPS) is 10.6. The van der Waals surface area contributed by atoms with Crippen molar-refractivity contribution >= 4 is 50.1 Å². The molecule has 21 heavy (non-hydrogen) atoms. The van der Waals surface area contributed by atoms with E-state index < -0.39 is 0 Å². The first-order chi connectivity index (χ1) is 10.1. The van der Waals surface area contributed by atoms with Gasteiger partial charge in [-0.3, -0.25) is 0 Å². The van der Waals surface area contributed by atoms with Crippen LogP contribution >= 0.6 is 50.1 Å². The van der Waals surface area contributed by atoms with Crippen molar-refractivity contribution in [1.29, 1.82) is 0 Å². The number of rotatable bonds is 2. The summed E-state index contributed by atoms with van der Waals surface area (Å²) >= 11 is 12.0. The Balaban J connectivity index is 2.08. The summed E-state index contributed by atoms with van der Waals surface area (Å²) in [7, 11) is 0. The summed E-state index contributed by atoms with van der Waals surface area (Å²) < 4.78 is 2.35. The van der Waals surface area contributed by atoms with Crippen molar-refractivity contribution in [3.8, 4) is 22.3 Å². The van der Waals surface area contributed by atoms with Gasteiger partial charge in [-0.15, -0.1) is 0 Å². The lowest BCUT2D eigenvalue weighted by molar-refractivity contribution is 1.54. The Hall–Kier alpha value is -0.840. The number of hydrogen-bond donors (Lipinski definition) is 0. The van der Waals surface area contributed by atoms with Gasteiger partial charge in [-0.1, -0.05) is 54.1 Å². The van der Waals surface area contributed by atoms with E-state index in [1.165, 1.54) is 25.8 Å². The van der Waals surface area contributed by atoms with E-state index in [1.54, 1.807) is 0 Å². The van der Waals surface area contributed by atoms with E-state index in [0.29, 0.717) is 0 Å². The quantitative estimate of drug-likeness (QED) is 0.353. The van der Waals surface area contributed by atoms with Crippen LogP contribution in [0, 0.1) is 3.57 Å². The molecule has 0 aromatic heterocycles. The van der Waals surface area contributed by atoms with Crippen LogP contribution in [-0.4, -0.2) is 0 Å². The van der Waals surface area contributed by atoms with Crippen LogP contribution in [0.15, 0.2) is 71.2 Å². The van der Waals surface area contributed by atoms with E-state index in [1.807, 2.05) is 24.3 Å². The second kappa shape index (κ2) is 6.51. The minimum Gasteiger partial charge on any atom is -0.0843 e. The summed E-state index contributed by atoms with van der Waals surface area (Å²) in [6.45, 7) is 0. The van der Waals surface area contributed by atoms with Crippen LogP contribution in [0.25, 0.3) is 22.3 Å². The predicted octanol–water partition coefficient (Wildman–Crippen LogP) is 7.04. The highest BCUT2D eigenvalue weighted by atomic mass is 127. The van der Waals surface area contributed by atoms with Gasteiger partial charge in [0.15, 0.2) is 0 Å². The average Bonchev–Trinajstić information content (AvgIpc) is 2.51. The molecule has 0 aliphatic rings. The van der Waals surface area contributed by atoms with Crippen LogP contribution in [0.1, 0.15) is 0 Å². The highest BCUT2D eigenvalue weighted by Crippen LogP contribution is 2.34. The lowest BCUT2D eigenvalue weighted by atomic mass is 9.99. The zero-order valence-corrected chi connectivity index (χ0v) is 15.5. The molecule has 0 amide bonds. The van der Waals surface area contributed by atoms with Gasteiger partial charge in [0, 0.05) is 13.1 Å². The molecule has 3 aromatic carbocycles. The maximum absolute atomic E-state index is 5.96. The number of hydrogen-bond acceptors (Lipinski definition) is 0. The lowest BCUT2D eigenvalue weighted by Gasteiger charge is -2.09. The molecule has 0 spiro atoms. The third-order valence-electron chi connectivity index (χ3n) is 3.30. The Kier molecular flexibility index (Phi) is 4.67. The van der Waals surface area contributed by atoms with Crippen molar-refractivity contribution in [1.82, 2.24) is 0 Å².